The van der Waals surface area contributed by atoms with Crippen molar-refractivity contribution in [2.24, 2.45) is 11.6 Å². The fourth-order valence-corrected chi connectivity index (χ4v) is 8.45. The number of rotatable bonds is 32. The number of aromatic amines is 1. The summed E-state index contributed by atoms with van der Waals surface area (Å²) in [6.07, 6.45) is 22.7. The molecule has 65 heavy (non-hydrogen) atoms. The van der Waals surface area contributed by atoms with E-state index < -0.39 is 35.8 Å². The van der Waals surface area contributed by atoms with E-state index in [-0.39, 0.29) is 30.9 Å². The molecular weight excluding hydrogens is 861 g/mol. The Morgan fingerprint density at radius 3 is 1.75 bits per heavy atom. The molecular formula is C50H74N6O7S2. The van der Waals surface area contributed by atoms with Crippen molar-refractivity contribution in [1.82, 2.24) is 21.0 Å². The third kappa shape index (κ3) is 25.3. The number of H-pyrrole nitrogens is 1. The van der Waals surface area contributed by atoms with Gasteiger partial charge in [0.25, 0.3) is 5.91 Å². The van der Waals surface area contributed by atoms with Crippen molar-refractivity contribution in [2.75, 3.05) is 29.6 Å². The zero-order valence-electron chi connectivity index (χ0n) is 39.6. The Morgan fingerprint density at radius 2 is 1.22 bits per heavy atom. The first-order valence-corrected chi connectivity index (χ1v) is 24.7. The van der Waals surface area contributed by atoms with Crippen LogP contribution in [0.15, 0.2) is 94.3 Å². The Kier molecular flexibility index (Phi) is 27.5. The number of aromatic nitrogens is 1. The van der Waals surface area contributed by atoms with Gasteiger partial charge in [0, 0.05) is 53.0 Å². The van der Waals surface area contributed by atoms with Gasteiger partial charge in [-0.05, 0) is 129 Å². The number of carboxylic acids is 1. The van der Waals surface area contributed by atoms with Gasteiger partial charge >= 0.3 is 5.97 Å². The van der Waals surface area contributed by atoms with E-state index >= 15 is 0 Å². The molecule has 0 spiro atoms. The maximum absolute atomic E-state index is 13.1. The van der Waals surface area contributed by atoms with E-state index in [9.17, 15) is 29.1 Å². The van der Waals surface area contributed by atoms with Gasteiger partial charge in [0.2, 0.25) is 17.7 Å². The molecule has 0 radical (unpaired) electrons. The van der Waals surface area contributed by atoms with Crippen molar-refractivity contribution in [3.63, 3.8) is 0 Å². The summed E-state index contributed by atoms with van der Waals surface area (Å²) in [4.78, 5) is 63.4. The summed E-state index contributed by atoms with van der Waals surface area (Å²) in [6.45, 7) is 15.2. The van der Waals surface area contributed by atoms with E-state index in [1.54, 1.807) is 6.20 Å². The number of hydrogen-bond donors (Lipinski definition) is 7. The second-order valence-corrected chi connectivity index (χ2v) is 19.0. The second-order valence-electron chi connectivity index (χ2n) is 16.8. The summed E-state index contributed by atoms with van der Waals surface area (Å²) >= 11 is 3.00. The number of aliphatic carboxylic acids is 1. The Bertz CT molecular complexity index is 2060. The third-order valence-corrected chi connectivity index (χ3v) is 12.4. The zero-order valence-corrected chi connectivity index (χ0v) is 41.2. The topological polar surface area (TPSA) is 219 Å². The molecule has 0 aliphatic carbocycles. The van der Waals surface area contributed by atoms with Gasteiger partial charge in [0.05, 0.1) is 6.42 Å². The molecule has 0 aliphatic heterocycles. The Hall–Kier alpha value is -4.99. The zero-order chi connectivity index (χ0) is 48.1. The molecule has 15 heteroatoms. The smallest absolute Gasteiger partial charge is 0.327 e. The number of hydrogen-bond acceptors (Lipinski definition) is 9. The van der Waals surface area contributed by atoms with Crippen LogP contribution in [0.25, 0.3) is 10.9 Å². The van der Waals surface area contributed by atoms with Crippen molar-refractivity contribution >= 4 is 64.0 Å². The standard InChI is InChI=1S/C50H74N6O7S2/c1-34(2)12-8-13-35(3)14-9-17-38(6)25-27-65-33-45(50(61)62)55-48(59)28-40-30-53-43-21-20-41(29-42(40)43)63-31-39(7)19-11-16-36(4)15-10-18-37(5)24-26-64-32-44(49(60)56-52)54-47(58)23-22-46(51)57/h12,14-15,19-21,24-25,29-30,44-45,53H,8-11,13,16-18,22-23,26-28,31-33,52H2,1-7H3,(H2,51,57)(H,54,58)(H,55,59)(H,56,60)(H,61,62). The van der Waals surface area contributed by atoms with Crippen molar-refractivity contribution in [3.05, 3.63) is 99.9 Å². The molecule has 358 valence electrons. The van der Waals surface area contributed by atoms with Gasteiger partial charge in [-0.15, -0.1) is 0 Å². The van der Waals surface area contributed by atoms with Gasteiger partial charge in [-0.1, -0.05) is 64.3 Å². The van der Waals surface area contributed by atoms with Crippen LogP contribution >= 0.6 is 23.5 Å². The average molecular weight is 935 g/mol. The van der Waals surface area contributed by atoms with Crippen LogP contribution in [0.5, 0.6) is 5.75 Å². The molecule has 4 amide bonds. The van der Waals surface area contributed by atoms with Crippen LogP contribution in [0, 0.1) is 0 Å². The quantitative estimate of drug-likeness (QED) is 0.0122. The number of hydrazine groups is 1. The number of amides is 4. The second kappa shape index (κ2) is 31.8. The number of allylic oxidation sites excluding steroid dienone is 9. The third-order valence-electron chi connectivity index (χ3n) is 10.4. The lowest BCUT2D eigenvalue weighted by Gasteiger charge is -2.16. The first kappa shape index (κ1) is 56.1. The van der Waals surface area contributed by atoms with Gasteiger partial charge in [-0.3, -0.25) is 24.6 Å². The predicted molar refractivity (Wildman–Crippen MR) is 270 cm³/mol. The summed E-state index contributed by atoms with van der Waals surface area (Å²) < 4.78 is 6.13. The van der Waals surface area contributed by atoms with Crippen LogP contribution in [0.4, 0.5) is 0 Å². The largest absolute Gasteiger partial charge is 0.489 e. The maximum atomic E-state index is 13.1. The summed E-state index contributed by atoms with van der Waals surface area (Å²) in [5.41, 5.74) is 16.5. The molecule has 1 heterocycles. The molecule has 0 fully saturated rings. The highest BCUT2D eigenvalue weighted by molar-refractivity contribution is 7.99. The van der Waals surface area contributed by atoms with Gasteiger partial charge in [-0.2, -0.15) is 23.5 Å². The van der Waals surface area contributed by atoms with E-state index in [4.69, 9.17) is 16.3 Å². The fraction of sp³-hybridized carbons (Fsp3) is 0.500. The number of nitrogens with two attached hydrogens (primary N) is 2. The van der Waals surface area contributed by atoms with Crippen LogP contribution in [-0.4, -0.2) is 81.4 Å². The van der Waals surface area contributed by atoms with E-state index in [2.05, 4.69) is 99.0 Å². The molecule has 0 saturated heterocycles. The summed E-state index contributed by atoms with van der Waals surface area (Å²) in [6, 6.07) is 3.94. The number of fused-ring (bicyclic) bond motifs is 1. The Morgan fingerprint density at radius 1 is 0.692 bits per heavy atom. The molecule has 2 unspecified atom stereocenters. The average Bonchev–Trinajstić information content (AvgIpc) is 3.64. The van der Waals surface area contributed by atoms with Crippen LogP contribution in [0.3, 0.4) is 0 Å². The summed E-state index contributed by atoms with van der Waals surface area (Å²) in [7, 11) is 0. The first-order valence-electron chi connectivity index (χ1n) is 22.4. The van der Waals surface area contributed by atoms with E-state index in [1.807, 2.05) is 25.1 Å². The molecule has 13 nitrogen and oxygen atoms in total. The van der Waals surface area contributed by atoms with Crippen molar-refractivity contribution in [3.8, 4) is 5.75 Å². The molecule has 2 rings (SSSR count). The highest BCUT2D eigenvalue weighted by Crippen LogP contribution is 2.25. The number of nitrogens with one attached hydrogen (secondary N) is 4. The highest BCUT2D eigenvalue weighted by Gasteiger charge is 2.22. The Labute approximate surface area is 395 Å². The minimum atomic E-state index is -1.05. The lowest BCUT2D eigenvalue weighted by Crippen LogP contribution is -2.50. The van der Waals surface area contributed by atoms with Gasteiger partial charge in [-0.25, -0.2) is 10.6 Å². The van der Waals surface area contributed by atoms with Crippen LogP contribution < -0.4 is 32.4 Å². The molecule has 0 saturated carbocycles. The minimum Gasteiger partial charge on any atom is -0.489 e. The Balaban J connectivity index is 1.77. The number of thioether (sulfide) groups is 2. The monoisotopic (exact) mass is 935 g/mol. The van der Waals surface area contributed by atoms with Crippen LogP contribution in [-0.2, 0) is 30.4 Å². The van der Waals surface area contributed by atoms with Crippen molar-refractivity contribution in [1.29, 1.82) is 0 Å². The lowest BCUT2D eigenvalue weighted by molar-refractivity contribution is -0.141. The molecule has 1 aromatic heterocycles. The predicted octanol–water partition coefficient (Wildman–Crippen LogP) is 8.68. The number of ether oxygens (including phenoxy) is 1. The lowest BCUT2D eigenvalue weighted by atomic mass is 10.1. The van der Waals surface area contributed by atoms with E-state index in [0.29, 0.717) is 29.6 Å². The van der Waals surface area contributed by atoms with E-state index in [1.165, 1.54) is 51.4 Å². The molecule has 1 aromatic carbocycles. The normalized spacial score (nSPS) is 13.6. The fourth-order valence-electron chi connectivity index (χ4n) is 6.44. The van der Waals surface area contributed by atoms with Gasteiger partial charge < -0.3 is 31.2 Å². The summed E-state index contributed by atoms with van der Waals surface area (Å²) in [5.74, 6) is 5.01. The first-order chi connectivity index (χ1) is 31.0. The number of carbonyl (C=O) groups is 5. The van der Waals surface area contributed by atoms with Gasteiger partial charge in [0.1, 0.15) is 24.4 Å². The van der Waals surface area contributed by atoms with Crippen molar-refractivity contribution < 1.29 is 33.8 Å². The molecule has 0 aliphatic rings. The highest BCUT2D eigenvalue weighted by atomic mass is 32.2. The van der Waals surface area contributed by atoms with E-state index in [0.717, 1.165) is 73.4 Å². The SMILES string of the molecule is CC(C)=CCCC(C)=CCCC(C)=CCSCC(NC(=O)Cc1c[nH]c2ccc(OCC(C)=CCCC(C)=CCCC(C)=CCSCC(NC(=O)CCC(N)=O)C(=O)NN)cc12)C(=O)O. The van der Waals surface area contributed by atoms with Gasteiger partial charge in [0.15, 0.2) is 0 Å². The molecule has 9 N–H and O–H groups in total. The number of primary amides is 1. The van der Waals surface area contributed by atoms with Crippen molar-refractivity contribution in [2.45, 2.75) is 131 Å². The number of benzene rings is 1. The van der Waals surface area contributed by atoms with Crippen LogP contribution in [0.2, 0.25) is 0 Å². The van der Waals surface area contributed by atoms with Crippen LogP contribution in [0.1, 0.15) is 118 Å². The molecule has 0 bridgehead atoms. The number of carbonyl (C=O) groups excluding carboxylic acids is 4. The minimum absolute atomic E-state index is 0.0425. The molecule has 2 aromatic rings. The number of carboxylic acid groups (broad SMARTS) is 1. The molecule has 2 atom stereocenters. The maximum Gasteiger partial charge on any atom is 0.327 e. The summed E-state index contributed by atoms with van der Waals surface area (Å²) in [5, 5.41) is 16.0.